The number of hydrogen-bond donors (Lipinski definition) is 0. The summed E-state index contributed by atoms with van der Waals surface area (Å²) in [6.45, 7) is 10.1. The van der Waals surface area contributed by atoms with E-state index in [9.17, 15) is 4.79 Å². The SMILES string of the molecule is CCC(C)(C=O)CN1CCC(N2CCCCC2)CC1. The normalized spacial score (nSPS) is 27.1. The molecular weight excluding hydrogens is 236 g/mol. The molecule has 3 nitrogen and oxygen atoms in total. The lowest BCUT2D eigenvalue weighted by molar-refractivity contribution is -0.116. The molecule has 2 fully saturated rings. The van der Waals surface area contributed by atoms with Gasteiger partial charge in [-0.25, -0.2) is 0 Å². The minimum Gasteiger partial charge on any atom is -0.303 e. The summed E-state index contributed by atoms with van der Waals surface area (Å²) in [5.41, 5.74) is -0.141. The molecule has 0 spiro atoms. The van der Waals surface area contributed by atoms with Crippen LogP contribution in [0.4, 0.5) is 0 Å². The molecule has 2 aliphatic heterocycles. The third-order valence-electron chi connectivity index (χ3n) is 5.14. The van der Waals surface area contributed by atoms with Gasteiger partial charge >= 0.3 is 0 Å². The maximum atomic E-state index is 11.2. The fourth-order valence-corrected chi connectivity index (χ4v) is 3.47. The Bertz CT molecular complexity index is 280. The van der Waals surface area contributed by atoms with E-state index in [1.807, 2.05) is 0 Å². The van der Waals surface area contributed by atoms with Crippen LogP contribution in [0.15, 0.2) is 0 Å². The molecule has 2 heterocycles. The van der Waals surface area contributed by atoms with E-state index in [-0.39, 0.29) is 5.41 Å². The van der Waals surface area contributed by atoms with Crippen LogP contribution >= 0.6 is 0 Å². The zero-order chi connectivity index (χ0) is 13.7. The third-order valence-corrected chi connectivity index (χ3v) is 5.14. The van der Waals surface area contributed by atoms with Crippen molar-refractivity contribution >= 4 is 6.29 Å². The molecule has 1 atom stereocenters. The summed E-state index contributed by atoms with van der Waals surface area (Å²) in [5.74, 6) is 0. The summed E-state index contributed by atoms with van der Waals surface area (Å²) in [6.07, 6.45) is 8.88. The van der Waals surface area contributed by atoms with Crippen LogP contribution in [-0.2, 0) is 4.79 Å². The molecule has 2 saturated heterocycles. The summed E-state index contributed by atoms with van der Waals surface area (Å²) in [5, 5.41) is 0. The summed E-state index contributed by atoms with van der Waals surface area (Å²) < 4.78 is 0. The molecule has 0 aromatic rings. The van der Waals surface area contributed by atoms with Crippen LogP contribution < -0.4 is 0 Å². The first-order chi connectivity index (χ1) is 9.17. The van der Waals surface area contributed by atoms with E-state index >= 15 is 0 Å². The highest BCUT2D eigenvalue weighted by Crippen LogP contribution is 2.25. The van der Waals surface area contributed by atoms with Gasteiger partial charge in [-0.05, 0) is 58.3 Å². The second kappa shape index (κ2) is 6.85. The predicted molar refractivity (Wildman–Crippen MR) is 79.3 cm³/mol. The Morgan fingerprint density at radius 2 is 1.74 bits per heavy atom. The summed E-state index contributed by atoms with van der Waals surface area (Å²) in [7, 11) is 0. The van der Waals surface area contributed by atoms with Crippen LogP contribution in [0.25, 0.3) is 0 Å². The van der Waals surface area contributed by atoms with Crippen molar-refractivity contribution < 1.29 is 4.79 Å². The maximum absolute atomic E-state index is 11.2. The minimum atomic E-state index is -0.141. The van der Waals surface area contributed by atoms with Gasteiger partial charge in [0.15, 0.2) is 0 Å². The first-order valence-electron chi connectivity index (χ1n) is 8.09. The first kappa shape index (κ1) is 15.0. The maximum Gasteiger partial charge on any atom is 0.127 e. The van der Waals surface area contributed by atoms with Gasteiger partial charge in [0.1, 0.15) is 6.29 Å². The van der Waals surface area contributed by atoms with Gasteiger partial charge in [-0.2, -0.15) is 0 Å². The van der Waals surface area contributed by atoms with Crippen LogP contribution in [0.1, 0.15) is 52.4 Å². The summed E-state index contributed by atoms with van der Waals surface area (Å²) in [4.78, 5) is 16.4. The zero-order valence-corrected chi connectivity index (χ0v) is 12.7. The van der Waals surface area contributed by atoms with Crippen LogP contribution in [0, 0.1) is 5.41 Å². The molecule has 0 aliphatic carbocycles. The van der Waals surface area contributed by atoms with Crippen molar-refractivity contribution in [3.63, 3.8) is 0 Å². The molecule has 3 heteroatoms. The first-order valence-corrected chi connectivity index (χ1v) is 8.09. The fraction of sp³-hybridized carbons (Fsp3) is 0.938. The Balaban J connectivity index is 1.77. The second-order valence-electron chi connectivity index (χ2n) is 6.73. The second-order valence-corrected chi connectivity index (χ2v) is 6.73. The lowest BCUT2D eigenvalue weighted by Gasteiger charge is -2.41. The van der Waals surface area contributed by atoms with Gasteiger partial charge in [0.25, 0.3) is 0 Å². The van der Waals surface area contributed by atoms with Crippen LogP contribution in [0.3, 0.4) is 0 Å². The predicted octanol–water partition coefficient (Wildman–Crippen LogP) is 2.55. The highest BCUT2D eigenvalue weighted by Gasteiger charge is 2.29. The molecular formula is C16H30N2O. The van der Waals surface area contributed by atoms with E-state index in [4.69, 9.17) is 0 Å². The number of carbonyl (C=O) groups excluding carboxylic acids is 1. The van der Waals surface area contributed by atoms with Crippen molar-refractivity contribution in [1.82, 2.24) is 9.80 Å². The molecule has 0 N–H and O–H groups in total. The quantitative estimate of drug-likeness (QED) is 0.715. The van der Waals surface area contributed by atoms with Gasteiger partial charge in [0.05, 0.1) is 0 Å². The average molecular weight is 266 g/mol. The number of nitrogens with zero attached hydrogens (tertiary/aromatic N) is 2. The Morgan fingerprint density at radius 3 is 2.26 bits per heavy atom. The number of hydrogen-bond acceptors (Lipinski definition) is 3. The van der Waals surface area contributed by atoms with Crippen molar-refractivity contribution in [2.75, 3.05) is 32.7 Å². The molecule has 2 aliphatic rings. The van der Waals surface area contributed by atoms with Crippen molar-refractivity contribution in [2.45, 2.75) is 58.4 Å². The number of likely N-dealkylation sites (tertiary alicyclic amines) is 2. The molecule has 19 heavy (non-hydrogen) atoms. The zero-order valence-electron chi connectivity index (χ0n) is 12.7. The van der Waals surface area contributed by atoms with E-state index in [1.54, 1.807) is 0 Å². The number of rotatable bonds is 5. The minimum absolute atomic E-state index is 0.141. The van der Waals surface area contributed by atoms with Crippen LogP contribution in [0.5, 0.6) is 0 Å². The molecule has 0 bridgehead atoms. The monoisotopic (exact) mass is 266 g/mol. The van der Waals surface area contributed by atoms with E-state index < -0.39 is 0 Å². The number of piperidine rings is 2. The van der Waals surface area contributed by atoms with Gasteiger partial charge in [-0.3, -0.25) is 0 Å². The van der Waals surface area contributed by atoms with Gasteiger partial charge in [-0.1, -0.05) is 20.3 Å². The van der Waals surface area contributed by atoms with Crippen molar-refractivity contribution in [2.24, 2.45) is 5.41 Å². The number of aldehydes is 1. The summed E-state index contributed by atoms with van der Waals surface area (Å²) in [6, 6.07) is 0.806. The fourth-order valence-electron chi connectivity index (χ4n) is 3.47. The van der Waals surface area contributed by atoms with Crippen LogP contribution in [-0.4, -0.2) is 54.9 Å². The molecule has 2 rings (SSSR count). The largest absolute Gasteiger partial charge is 0.303 e. The smallest absolute Gasteiger partial charge is 0.127 e. The summed E-state index contributed by atoms with van der Waals surface area (Å²) >= 11 is 0. The average Bonchev–Trinajstić information content (AvgIpc) is 2.49. The van der Waals surface area contributed by atoms with E-state index in [0.29, 0.717) is 0 Å². The Labute approximate surface area is 118 Å². The van der Waals surface area contributed by atoms with Crippen molar-refractivity contribution in [3.05, 3.63) is 0 Å². The lowest BCUT2D eigenvalue weighted by Crippen LogP contribution is -2.48. The topological polar surface area (TPSA) is 23.6 Å². The molecule has 110 valence electrons. The Morgan fingerprint density at radius 1 is 1.11 bits per heavy atom. The van der Waals surface area contributed by atoms with E-state index in [1.165, 1.54) is 58.3 Å². The van der Waals surface area contributed by atoms with Crippen molar-refractivity contribution in [3.8, 4) is 0 Å². The Hall–Kier alpha value is -0.410. The standard InChI is InChI=1S/C16H30N2O/c1-3-16(2,14-19)13-17-11-7-15(8-12-17)18-9-5-4-6-10-18/h14-15H,3-13H2,1-2H3. The third kappa shape index (κ3) is 4.03. The number of carbonyl (C=O) groups is 1. The van der Waals surface area contributed by atoms with Gasteiger partial charge in [-0.15, -0.1) is 0 Å². The molecule has 0 radical (unpaired) electrons. The van der Waals surface area contributed by atoms with Crippen LogP contribution in [0.2, 0.25) is 0 Å². The van der Waals surface area contributed by atoms with Gasteiger partial charge < -0.3 is 14.6 Å². The van der Waals surface area contributed by atoms with Crippen molar-refractivity contribution in [1.29, 1.82) is 0 Å². The highest BCUT2D eigenvalue weighted by molar-refractivity contribution is 5.58. The highest BCUT2D eigenvalue weighted by atomic mass is 16.1. The van der Waals surface area contributed by atoms with Gasteiger partial charge in [0.2, 0.25) is 0 Å². The molecule has 0 amide bonds. The molecule has 0 aromatic carbocycles. The molecule has 0 aromatic heterocycles. The lowest BCUT2D eigenvalue weighted by atomic mass is 9.88. The Kier molecular flexibility index (Phi) is 5.40. The molecule has 1 unspecified atom stereocenters. The van der Waals surface area contributed by atoms with Gasteiger partial charge in [0, 0.05) is 18.0 Å². The van der Waals surface area contributed by atoms with E-state index in [2.05, 4.69) is 23.6 Å². The molecule has 0 saturated carbocycles. The van der Waals surface area contributed by atoms with E-state index in [0.717, 1.165) is 25.3 Å².